The van der Waals surface area contributed by atoms with Crippen LogP contribution < -0.4 is 10.6 Å². The van der Waals surface area contributed by atoms with Crippen molar-refractivity contribution in [2.24, 2.45) is 11.8 Å². The Morgan fingerprint density at radius 3 is 2.67 bits per heavy atom. The van der Waals surface area contributed by atoms with Gasteiger partial charge < -0.3 is 15.7 Å². The zero-order valence-corrected chi connectivity index (χ0v) is 11.6. The quantitative estimate of drug-likeness (QED) is 0.642. The molecule has 2 amide bonds. The monoisotopic (exact) mass is 274 g/mol. The highest BCUT2D eigenvalue weighted by atomic mass is 32.2. The number of carboxylic acids is 1. The van der Waals surface area contributed by atoms with E-state index in [0.29, 0.717) is 13.1 Å². The number of hydrogen-bond acceptors (Lipinski definition) is 3. The molecule has 5 nitrogen and oxygen atoms in total. The van der Waals surface area contributed by atoms with Crippen LogP contribution in [0.2, 0.25) is 0 Å². The largest absolute Gasteiger partial charge is 0.481 e. The molecular weight excluding hydrogens is 252 g/mol. The lowest BCUT2D eigenvalue weighted by Crippen LogP contribution is -2.42. The van der Waals surface area contributed by atoms with Crippen LogP contribution in [0.3, 0.4) is 0 Å². The van der Waals surface area contributed by atoms with Crippen LogP contribution >= 0.6 is 11.8 Å². The molecule has 6 heteroatoms. The zero-order chi connectivity index (χ0) is 13.4. The molecule has 0 aromatic heterocycles. The summed E-state index contributed by atoms with van der Waals surface area (Å²) in [5, 5.41) is 14.6. The van der Waals surface area contributed by atoms with Crippen molar-refractivity contribution in [3.05, 3.63) is 0 Å². The second kappa shape index (κ2) is 8.24. The molecule has 18 heavy (non-hydrogen) atoms. The van der Waals surface area contributed by atoms with E-state index in [9.17, 15) is 9.59 Å². The van der Waals surface area contributed by atoms with E-state index < -0.39 is 5.97 Å². The zero-order valence-electron chi connectivity index (χ0n) is 10.8. The van der Waals surface area contributed by atoms with Crippen molar-refractivity contribution in [1.29, 1.82) is 0 Å². The van der Waals surface area contributed by atoms with Gasteiger partial charge >= 0.3 is 12.0 Å². The molecule has 0 radical (unpaired) electrons. The topological polar surface area (TPSA) is 78.4 Å². The second-order valence-electron chi connectivity index (χ2n) is 4.62. The molecule has 0 aromatic rings. The van der Waals surface area contributed by atoms with Crippen LogP contribution in [0.25, 0.3) is 0 Å². The van der Waals surface area contributed by atoms with Crippen molar-refractivity contribution in [2.75, 3.05) is 25.1 Å². The van der Waals surface area contributed by atoms with Crippen LogP contribution in [0.1, 0.15) is 25.7 Å². The molecule has 1 aliphatic carbocycles. The standard InChI is InChI=1S/C12H22N2O3S/c1-18-7-6-13-12(17)14-8-9-4-2-3-5-10(9)11(15)16/h9-10H,2-8H2,1H3,(H,15,16)(H2,13,14,17). The number of amides is 2. The summed E-state index contributed by atoms with van der Waals surface area (Å²) < 4.78 is 0. The number of nitrogens with one attached hydrogen (secondary N) is 2. The number of carboxylic acid groups (broad SMARTS) is 1. The Bertz CT molecular complexity index is 286. The van der Waals surface area contributed by atoms with Gasteiger partial charge in [0.25, 0.3) is 0 Å². The summed E-state index contributed by atoms with van der Waals surface area (Å²) in [5.74, 6) is -0.0775. The van der Waals surface area contributed by atoms with E-state index in [1.807, 2.05) is 6.26 Å². The number of aliphatic carboxylic acids is 1. The smallest absolute Gasteiger partial charge is 0.314 e. The molecule has 104 valence electrons. The minimum atomic E-state index is -0.732. The summed E-state index contributed by atoms with van der Waals surface area (Å²) in [5.41, 5.74) is 0. The first-order valence-electron chi connectivity index (χ1n) is 6.38. The van der Waals surface area contributed by atoms with Crippen LogP contribution in [-0.4, -0.2) is 42.2 Å². The summed E-state index contributed by atoms with van der Waals surface area (Å²) in [6.07, 6.45) is 5.65. The molecule has 0 spiro atoms. The predicted octanol–water partition coefficient (Wildman–Crippen LogP) is 1.54. The third kappa shape index (κ3) is 5.16. The average molecular weight is 274 g/mol. The van der Waals surface area contributed by atoms with Crippen LogP contribution in [0.4, 0.5) is 4.79 Å². The third-order valence-corrected chi connectivity index (χ3v) is 3.96. The molecular formula is C12H22N2O3S. The lowest BCUT2D eigenvalue weighted by atomic mass is 9.79. The number of carbonyl (C=O) groups excluding carboxylic acids is 1. The Hall–Kier alpha value is -0.910. The first kappa shape index (κ1) is 15.1. The maximum atomic E-state index is 11.5. The molecule has 0 bridgehead atoms. The van der Waals surface area contributed by atoms with Gasteiger partial charge in [-0.2, -0.15) is 11.8 Å². The molecule has 0 heterocycles. The van der Waals surface area contributed by atoms with E-state index in [-0.39, 0.29) is 17.9 Å². The fourth-order valence-corrected chi connectivity index (χ4v) is 2.64. The maximum absolute atomic E-state index is 11.5. The predicted molar refractivity (Wildman–Crippen MR) is 72.9 cm³/mol. The third-order valence-electron chi connectivity index (χ3n) is 3.34. The lowest BCUT2D eigenvalue weighted by molar-refractivity contribution is -0.144. The summed E-state index contributed by atoms with van der Waals surface area (Å²) in [4.78, 5) is 22.5. The van der Waals surface area contributed by atoms with Gasteiger partial charge in [-0.1, -0.05) is 12.8 Å². The number of thioether (sulfide) groups is 1. The van der Waals surface area contributed by atoms with Gasteiger partial charge in [0, 0.05) is 18.8 Å². The van der Waals surface area contributed by atoms with Gasteiger partial charge in [-0.3, -0.25) is 4.79 Å². The van der Waals surface area contributed by atoms with Crippen molar-refractivity contribution < 1.29 is 14.7 Å². The molecule has 0 aliphatic heterocycles. The van der Waals surface area contributed by atoms with Crippen molar-refractivity contribution >= 4 is 23.8 Å². The maximum Gasteiger partial charge on any atom is 0.314 e. The van der Waals surface area contributed by atoms with Gasteiger partial charge in [0.05, 0.1) is 5.92 Å². The lowest BCUT2D eigenvalue weighted by Gasteiger charge is -2.28. The SMILES string of the molecule is CSCCNC(=O)NCC1CCCCC1C(=O)O. The van der Waals surface area contributed by atoms with Crippen molar-refractivity contribution in [3.63, 3.8) is 0 Å². The number of hydrogen-bond donors (Lipinski definition) is 3. The van der Waals surface area contributed by atoms with Crippen LogP contribution in [0.5, 0.6) is 0 Å². The van der Waals surface area contributed by atoms with Crippen molar-refractivity contribution in [1.82, 2.24) is 10.6 Å². The van der Waals surface area contributed by atoms with E-state index in [1.165, 1.54) is 0 Å². The van der Waals surface area contributed by atoms with E-state index >= 15 is 0 Å². The summed E-state index contributed by atoms with van der Waals surface area (Å²) in [6.45, 7) is 1.10. The molecule has 2 atom stereocenters. The van der Waals surface area contributed by atoms with E-state index in [4.69, 9.17) is 5.11 Å². The molecule has 2 unspecified atom stereocenters. The van der Waals surface area contributed by atoms with Gasteiger partial charge in [0.1, 0.15) is 0 Å². The number of carbonyl (C=O) groups is 2. The van der Waals surface area contributed by atoms with E-state index in [2.05, 4.69) is 10.6 Å². The fraction of sp³-hybridized carbons (Fsp3) is 0.833. The Labute approximate surface area is 112 Å². The Morgan fingerprint density at radius 2 is 2.00 bits per heavy atom. The Balaban J connectivity index is 2.27. The highest BCUT2D eigenvalue weighted by Crippen LogP contribution is 2.29. The van der Waals surface area contributed by atoms with E-state index in [1.54, 1.807) is 11.8 Å². The van der Waals surface area contributed by atoms with Gasteiger partial charge in [-0.15, -0.1) is 0 Å². The first-order valence-corrected chi connectivity index (χ1v) is 7.78. The van der Waals surface area contributed by atoms with Crippen molar-refractivity contribution in [3.8, 4) is 0 Å². The van der Waals surface area contributed by atoms with Crippen LogP contribution in [0, 0.1) is 11.8 Å². The van der Waals surface area contributed by atoms with Crippen LogP contribution in [0.15, 0.2) is 0 Å². The molecule has 0 aromatic carbocycles. The van der Waals surface area contributed by atoms with Gasteiger partial charge in [-0.25, -0.2) is 4.79 Å². The van der Waals surface area contributed by atoms with E-state index in [0.717, 1.165) is 31.4 Å². The highest BCUT2D eigenvalue weighted by molar-refractivity contribution is 7.98. The Morgan fingerprint density at radius 1 is 1.28 bits per heavy atom. The minimum Gasteiger partial charge on any atom is -0.481 e. The van der Waals surface area contributed by atoms with Gasteiger partial charge in [-0.05, 0) is 25.0 Å². The van der Waals surface area contributed by atoms with Crippen LogP contribution in [-0.2, 0) is 4.79 Å². The minimum absolute atomic E-state index is 0.0718. The summed E-state index contributed by atoms with van der Waals surface area (Å²) >= 11 is 1.67. The van der Waals surface area contributed by atoms with Crippen molar-refractivity contribution in [2.45, 2.75) is 25.7 Å². The highest BCUT2D eigenvalue weighted by Gasteiger charge is 2.30. The summed E-state index contributed by atoms with van der Waals surface area (Å²) in [7, 11) is 0. The van der Waals surface area contributed by atoms with Gasteiger partial charge in [0.2, 0.25) is 0 Å². The summed E-state index contributed by atoms with van der Waals surface area (Å²) in [6, 6.07) is -0.196. The average Bonchev–Trinajstić information content (AvgIpc) is 2.37. The first-order chi connectivity index (χ1) is 8.65. The molecule has 1 fully saturated rings. The normalized spacial score (nSPS) is 23.4. The molecule has 1 saturated carbocycles. The molecule has 1 rings (SSSR count). The van der Waals surface area contributed by atoms with Gasteiger partial charge in [0.15, 0.2) is 0 Å². The second-order valence-corrected chi connectivity index (χ2v) is 5.60. The fourth-order valence-electron chi connectivity index (χ4n) is 2.33. The molecule has 1 aliphatic rings. The number of rotatable bonds is 6. The number of urea groups is 1. The molecule has 3 N–H and O–H groups in total. The Kier molecular flexibility index (Phi) is 6.93. The molecule has 0 saturated heterocycles.